The van der Waals surface area contributed by atoms with E-state index in [2.05, 4.69) is 10.6 Å². The fraction of sp³-hybridized carbons (Fsp3) is 0.850. The highest BCUT2D eigenvalue weighted by atomic mass is 32.2. The van der Waals surface area contributed by atoms with Crippen molar-refractivity contribution in [2.24, 2.45) is 0 Å². The zero-order chi connectivity index (χ0) is 21.7. The van der Waals surface area contributed by atoms with Crippen LogP contribution in [0.3, 0.4) is 0 Å². The van der Waals surface area contributed by atoms with E-state index in [0.29, 0.717) is 25.8 Å². The van der Waals surface area contributed by atoms with Crippen LogP contribution in [0.1, 0.15) is 78.6 Å². The highest BCUT2D eigenvalue weighted by Gasteiger charge is 2.50. The van der Waals surface area contributed by atoms with E-state index in [1.165, 1.54) is 4.90 Å². The number of urea groups is 1. The van der Waals surface area contributed by atoms with Crippen molar-refractivity contribution in [2.75, 3.05) is 13.1 Å². The summed E-state index contributed by atoms with van der Waals surface area (Å²) in [5, 5.41) is 5.24. The number of nitrogens with one attached hydrogen (secondary N) is 2. The summed E-state index contributed by atoms with van der Waals surface area (Å²) >= 11 is 0. The van der Waals surface area contributed by atoms with E-state index in [1.54, 1.807) is 20.8 Å². The summed E-state index contributed by atoms with van der Waals surface area (Å²) in [6, 6.07) is -1.11. The number of hydrogen-bond acceptors (Lipinski definition) is 5. The number of carbonyl (C=O) groups is 3. The average molecular weight is 430 g/mol. The van der Waals surface area contributed by atoms with Gasteiger partial charge in [-0.25, -0.2) is 13.2 Å². The van der Waals surface area contributed by atoms with Crippen molar-refractivity contribution in [1.82, 2.24) is 15.5 Å². The van der Waals surface area contributed by atoms with Crippen LogP contribution in [0.4, 0.5) is 4.79 Å². The number of likely N-dealkylation sites (tertiary alicyclic amines) is 1. The molecule has 2 fully saturated rings. The molecule has 1 unspecified atom stereocenters. The van der Waals surface area contributed by atoms with Crippen molar-refractivity contribution in [3.8, 4) is 0 Å². The number of hydrogen-bond donors (Lipinski definition) is 2. The minimum Gasteiger partial charge on any atom is -0.331 e. The summed E-state index contributed by atoms with van der Waals surface area (Å²) in [5.41, 5.74) is 0. The van der Waals surface area contributed by atoms with Gasteiger partial charge in [0, 0.05) is 6.54 Å². The molecule has 2 rings (SSSR count). The molecule has 2 aliphatic rings. The van der Waals surface area contributed by atoms with E-state index in [4.69, 9.17) is 0 Å². The first kappa shape index (κ1) is 23.6. The van der Waals surface area contributed by atoms with Gasteiger partial charge < -0.3 is 20.3 Å². The van der Waals surface area contributed by atoms with Gasteiger partial charge in [-0.05, 0) is 52.9 Å². The molecule has 1 aliphatic heterocycles. The van der Waals surface area contributed by atoms with Crippen molar-refractivity contribution in [1.29, 1.82) is 0 Å². The second-order valence-corrected chi connectivity index (χ2v) is 12.1. The highest BCUT2D eigenvalue weighted by molar-refractivity contribution is 7.94. The lowest BCUT2D eigenvalue weighted by molar-refractivity contribution is -0.136. The second-order valence-electron chi connectivity index (χ2n) is 9.12. The summed E-state index contributed by atoms with van der Waals surface area (Å²) in [7, 11) is -3.66. The molecule has 0 radical (unpaired) electrons. The molecule has 1 aliphatic carbocycles. The van der Waals surface area contributed by atoms with Crippen LogP contribution < -0.4 is 10.6 Å². The quantitative estimate of drug-likeness (QED) is 0.513. The van der Waals surface area contributed by atoms with Gasteiger partial charge in [0.05, 0.1) is 17.3 Å². The molecule has 0 bridgehead atoms. The van der Waals surface area contributed by atoms with Gasteiger partial charge in [0.25, 0.3) is 0 Å². The molecule has 166 valence electrons. The van der Waals surface area contributed by atoms with Gasteiger partial charge in [0.15, 0.2) is 9.84 Å². The van der Waals surface area contributed by atoms with Gasteiger partial charge in [0.2, 0.25) is 5.91 Å². The van der Waals surface area contributed by atoms with E-state index in [9.17, 15) is 22.8 Å². The average Bonchev–Trinajstić information content (AvgIpc) is 2.92. The molecule has 0 spiro atoms. The summed E-state index contributed by atoms with van der Waals surface area (Å²) in [4.78, 5) is 36.4. The Bertz CT molecular complexity index is 706. The molecule has 0 aromatic heterocycles. The standard InChI is InChI=1S/C20H35N3O5S/c1-19(2,3)29(27,28)20(11-7-4-5-8-12-20)22-18(26)21-14-17(25)23-13-9-6-10-16(23)15-24/h15-16H,4-14H2,1-3H3,(H2,21,22,26). The van der Waals surface area contributed by atoms with Crippen LogP contribution in [-0.4, -0.2) is 60.3 Å². The summed E-state index contributed by atoms with van der Waals surface area (Å²) < 4.78 is 25.6. The van der Waals surface area contributed by atoms with E-state index in [-0.39, 0.29) is 12.5 Å². The predicted molar refractivity (Wildman–Crippen MR) is 111 cm³/mol. The van der Waals surface area contributed by atoms with Crippen molar-refractivity contribution >= 4 is 28.1 Å². The van der Waals surface area contributed by atoms with Crippen molar-refractivity contribution < 1.29 is 22.8 Å². The van der Waals surface area contributed by atoms with Crippen LogP contribution >= 0.6 is 0 Å². The van der Waals surface area contributed by atoms with Gasteiger partial charge in [-0.15, -0.1) is 0 Å². The van der Waals surface area contributed by atoms with E-state index in [1.807, 2.05) is 0 Å². The van der Waals surface area contributed by atoms with Crippen LogP contribution in [0.5, 0.6) is 0 Å². The molecule has 9 heteroatoms. The first-order chi connectivity index (χ1) is 13.5. The van der Waals surface area contributed by atoms with Crippen molar-refractivity contribution in [3.05, 3.63) is 0 Å². The molecule has 1 atom stereocenters. The van der Waals surface area contributed by atoms with E-state index >= 15 is 0 Å². The molecule has 3 amide bonds. The monoisotopic (exact) mass is 429 g/mol. The first-order valence-corrected chi connectivity index (χ1v) is 12.1. The predicted octanol–water partition coefficient (Wildman–Crippen LogP) is 2.13. The van der Waals surface area contributed by atoms with E-state index < -0.39 is 31.5 Å². The SMILES string of the molecule is CC(C)(C)S(=O)(=O)C1(NC(=O)NCC(=O)N2CCCCC2C=O)CCCCCC1. The molecule has 1 heterocycles. The molecule has 1 saturated heterocycles. The molecular weight excluding hydrogens is 394 g/mol. The van der Waals surface area contributed by atoms with Crippen molar-refractivity contribution in [3.63, 3.8) is 0 Å². The topological polar surface area (TPSA) is 113 Å². The minimum absolute atomic E-state index is 0.262. The maximum atomic E-state index is 13.3. The molecule has 1 saturated carbocycles. The number of piperidine rings is 1. The Labute approximate surface area is 174 Å². The third-order valence-corrected chi connectivity index (χ3v) is 9.15. The van der Waals surface area contributed by atoms with Crippen molar-refractivity contribution in [2.45, 2.75) is 94.2 Å². The van der Waals surface area contributed by atoms with Gasteiger partial charge in [-0.2, -0.15) is 0 Å². The fourth-order valence-corrected chi connectivity index (χ4v) is 6.49. The molecule has 0 aromatic carbocycles. The Balaban J connectivity index is 2.08. The lowest BCUT2D eigenvalue weighted by Gasteiger charge is -2.39. The third-order valence-electron chi connectivity index (χ3n) is 6.00. The second kappa shape index (κ2) is 9.45. The van der Waals surface area contributed by atoms with Crippen LogP contribution in [0, 0.1) is 0 Å². The maximum absolute atomic E-state index is 13.3. The van der Waals surface area contributed by atoms with Crippen LogP contribution in [-0.2, 0) is 19.4 Å². The fourth-order valence-electron chi connectivity index (χ4n) is 4.26. The Morgan fingerprint density at radius 3 is 2.24 bits per heavy atom. The number of sulfone groups is 1. The minimum atomic E-state index is -3.66. The molecule has 0 aromatic rings. The lowest BCUT2D eigenvalue weighted by atomic mass is 10.0. The maximum Gasteiger partial charge on any atom is 0.316 e. The Morgan fingerprint density at radius 2 is 1.69 bits per heavy atom. The normalized spacial score (nSPS) is 23.0. The number of rotatable bonds is 5. The zero-order valence-electron chi connectivity index (χ0n) is 17.8. The lowest BCUT2D eigenvalue weighted by Crippen LogP contribution is -2.61. The summed E-state index contributed by atoms with van der Waals surface area (Å²) in [6.45, 7) is 5.17. The summed E-state index contributed by atoms with van der Waals surface area (Å²) in [5.74, 6) is -0.328. The van der Waals surface area contributed by atoms with Gasteiger partial charge in [-0.1, -0.05) is 25.7 Å². The number of nitrogens with zero attached hydrogens (tertiary/aromatic N) is 1. The highest BCUT2D eigenvalue weighted by Crippen LogP contribution is 2.37. The first-order valence-electron chi connectivity index (χ1n) is 10.6. The van der Waals surface area contributed by atoms with Crippen LogP contribution in [0.25, 0.3) is 0 Å². The zero-order valence-corrected chi connectivity index (χ0v) is 18.6. The largest absolute Gasteiger partial charge is 0.331 e. The molecular formula is C20H35N3O5S. The molecule has 8 nitrogen and oxygen atoms in total. The Morgan fingerprint density at radius 1 is 1.07 bits per heavy atom. The third kappa shape index (κ3) is 5.29. The Kier molecular flexibility index (Phi) is 7.70. The molecule has 2 N–H and O–H groups in total. The van der Waals surface area contributed by atoms with Crippen LogP contribution in [0.2, 0.25) is 0 Å². The summed E-state index contributed by atoms with van der Waals surface area (Å²) in [6.07, 6.45) is 7.19. The number of aldehydes is 1. The smallest absolute Gasteiger partial charge is 0.316 e. The van der Waals surface area contributed by atoms with Crippen LogP contribution in [0.15, 0.2) is 0 Å². The Hall–Kier alpha value is -1.64. The van der Waals surface area contributed by atoms with Gasteiger partial charge in [0.1, 0.15) is 11.2 Å². The van der Waals surface area contributed by atoms with Gasteiger partial charge in [-0.3, -0.25) is 4.79 Å². The molecule has 29 heavy (non-hydrogen) atoms. The van der Waals surface area contributed by atoms with Gasteiger partial charge >= 0.3 is 6.03 Å². The van der Waals surface area contributed by atoms with E-state index in [0.717, 1.165) is 44.8 Å². The number of carbonyl (C=O) groups excluding carboxylic acids is 3. The number of amides is 3.